The molecule has 0 unspecified atom stereocenters. The second-order valence-corrected chi connectivity index (χ2v) is 4.51. The lowest BCUT2D eigenvalue weighted by Crippen LogP contribution is -2.20. The van der Waals surface area contributed by atoms with Crippen LogP contribution in [0.15, 0.2) is 33.5 Å². The topological polar surface area (TPSA) is 56.5 Å². The molecular weight excluding hydrogens is 289 g/mol. The van der Waals surface area contributed by atoms with Gasteiger partial charge in [0.1, 0.15) is 11.3 Å². The average molecular weight is 300 g/mol. The van der Waals surface area contributed by atoms with Crippen LogP contribution in [0.1, 0.15) is 19.4 Å². The molecule has 0 aliphatic heterocycles. The van der Waals surface area contributed by atoms with Crippen LogP contribution < -0.4 is 10.4 Å². The number of ether oxygens (including phenoxy) is 1. The molecule has 0 fully saturated rings. The van der Waals surface area contributed by atoms with Crippen molar-refractivity contribution in [3.8, 4) is 5.75 Å². The van der Waals surface area contributed by atoms with Crippen LogP contribution in [0.25, 0.3) is 11.0 Å². The molecule has 0 aliphatic rings. The van der Waals surface area contributed by atoms with Crippen LogP contribution in [0.4, 0.5) is 13.2 Å². The first-order valence-corrected chi connectivity index (χ1v) is 6.00. The molecule has 4 nitrogen and oxygen atoms in total. The van der Waals surface area contributed by atoms with Crippen LogP contribution in [0.2, 0.25) is 0 Å². The Balaban J connectivity index is 2.54. The minimum absolute atomic E-state index is 0.146. The summed E-state index contributed by atoms with van der Waals surface area (Å²) in [6, 6.07) is 3.99. The number of hydrogen-bond acceptors (Lipinski definition) is 4. The van der Waals surface area contributed by atoms with Crippen molar-refractivity contribution >= 4 is 16.8 Å². The number of carbonyl (C=O) groups excluding carboxylic acids is 1. The Bertz CT molecular complexity index is 746. The summed E-state index contributed by atoms with van der Waals surface area (Å²) < 4.78 is 48.6. The molecule has 0 saturated heterocycles. The van der Waals surface area contributed by atoms with E-state index in [2.05, 4.69) is 0 Å². The molecule has 0 bridgehead atoms. The predicted octanol–water partition coefficient (Wildman–Crippen LogP) is 3.17. The normalized spacial score (nSPS) is 13.2. The quantitative estimate of drug-likeness (QED) is 0.817. The zero-order valence-electron chi connectivity index (χ0n) is 11.2. The van der Waals surface area contributed by atoms with Gasteiger partial charge in [0.25, 0.3) is 0 Å². The Kier molecular flexibility index (Phi) is 3.76. The fraction of sp³-hybridized carbons (Fsp3) is 0.286. The van der Waals surface area contributed by atoms with Gasteiger partial charge in [0.05, 0.1) is 5.56 Å². The summed E-state index contributed by atoms with van der Waals surface area (Å²) in [5, 5.41) is -0.245. The molecule has 0 N–H and O–H groups in total. The minimum atomic E-state index is -4.66. The third-order valence-corrected chi connectivity index (χ3v) is 2.91. The van der Waals surface area contributed by atoms with E-state index in [0.717, 1.165) is 12.1 Å². The summed E-state index contributed by atoms with van der Waals surface area (Å²) in [6.07, 6.45) is -5.41. The second-order valence-electron chi connectivity index (χ2n) is 4.51. The van der Waals surface area contributed by atoms with Crippen LogP contribution in [0.5, 0.6) is 5.75 Å². The van der Waals surface area contributed by atoms with Gasteiger partial charge >= 0.3 is 11.8 Å². The number of rotatable bonds is 3. The molecule has 0 saturated carbocycles. The van der Waals surface area contributed by atoms with Crippen molar-refractivity contribution in [1.29, 1.82) is 0 Å². The molecule has 21 heavy (non-hydrogen) atoms. The summed E-state index contributed by atoms with van der Waals surface area (Å²) in [6.45, 7) is 2.84. The van der Waals surface area contributed by atoms with Crippen LogP contribution in [0, 0.1) is 0 Å². The Morgan fingerprint density at radius 2 is 1.95 bits per heavy atom. The lowest BCUT2D eigenvalue weighted by atomic mass is 10.1. The van der Waals surface area contributed by atoms with E-state index in [4.69, 9.17) is 9.15 Å². The van der Waals surface area contributed by atoms with E-state index in [9.17, 15) is 22.8 Å². The highest BCUT2D eigenvalue weighted by molar-refractivity contribution is 5.83. The van der Waals surface area contributed by atoms with Gasteiger partial charge < -0.3 is 9.15 Å². The Morgan fingerprint density at radius 1 is 1.29 bits per heavy atom. The molecule has 112 valence electrons. The van der Waals surface area contributed by atoms with E-state index in [0.29, 0.717) is 6.07 Å². The monoisotopic (exact) mass is 300 g/mol. The molecule has 1 heterocycles. The number of carbonyl (C=O) groups is 1. The number of alkyl halides is 3. The molecule has 1 aromatic heterocycles. The Morgan fingerprint density at radius 3 is 2.52 bits per heavy atom. The van der Waals surface area contributed by atoms with Gasteiger partial charge in [0.2, 0.25) is 0 Å². The summed E-state index contributed by atoms with van der Waals surface area (Å²) >= 11 is 0. The van der Waals surface area contributed by atoms with Gasteiger partial charge in [-0.25, -0.2) is 4.79 Å². The van der Waals surface area contributed by atoms with E-state index < -0.39 is 23.5 Å². The molecule has 7 heteroatoms. The number of benzene rings is 1. The lowest BCUT2D eigenvalue weighted by Gasteiger charge is -2.13. The first kappa shape index (κ1) is 15.1. The molecule has 1 atom stereocenters. The molecule has 0 spiro atoms. The molecule has 0 radical (unpaired) electrons. The number of fused-ring (bicyclic) bond motifs is 1. The van der Waals surface area contributed by atoms with Gasteiger partial charge in [-0.3, -0.25) is 4.79 Å². The van der Waals surface area contributed by atoms with E-state index >= 15 is 0 Å². The molecule has 0 aliphatic carbocycles. The second kappa shape index (κ2) is 5.23. The summed E-state index contributed by atoms with van der Waals surface area (Å²) in [5.41, 5.74) is -2.42. The van der Waals surface area contributed by atoms with Crippen molar-refractivity contribution in [1.82, 2.24) is 0 Å². The zero-order valence-corrected chi connectivity index (χ0v) is 11.2. The average Bonchev–Trinajstić information content (AvgIpc) is 2.36. The highest BCUT2D eigenvalue weighted by Crippen LogP contribution is 2.34. The van der Waals surface area contributed by atoms with Crippen molar-refractivity contribution in [3.05, 3.63) is 40.2 Å². The van der Waals surface area contributed by atoms with Crippen LogP contribution in [-0.2, 0) is 11.0 Å². The van der Waals surface area contributed by atoms with Crippen LogP contribution >= 0.6 is 0 Å². The fourth-order valence-electron chi connectivity index (χ4n) is 1.74. The highest BCUT2D eigenvalue weighted by atomic mass is 19.4. The molecule has 2 aromatic rings. The minimum Gasteiger partial charge on any atom is -0.483 e. The van der Waals surface area contributed by atoms with E-state index in [1.165, 1.54) is 19.9 Å². The Hall–Kier alpha value is -2.31. The molecular formula is C14H11F3O4. The molecule has 0 amide bonds. The molecule has 2 rings (SSSR count). The number of halogens is 3. The van der Waals surface area contributed by atoms with Gasteiger partial charge in [-0.1, -0.05) is 0 Å². The van der Waals surface area contributed by atoms with Crippen LogP contribution in [0.3, 0.4) is 0 Å². The first-order chi connectivity index (χ1) is 9.68. The number of Topliss-reactive ketones (excluding diaryl/α,β-unsaturated/α-hetero) is 1. The van der Waals surface area contributed by atoms with Crippen molar-refractivity contribution < 1.29 is 27.1 Å². The Labute approximate surface area is 117 Å². The predicted molar refractivity (Wildman–Crippen MR) is 68.3 cm³/mol. The fourth-order valence-corrected chi connectivity index (χ4v) is 1.74. The maximum absolute atomic E-state index is 12.9. The summed E-state index contributed by atoms with van der Waals surface area (Å²) in [4.78, 5) is 22.3. The zero-order chi connectivity index (χ0) is 15.8. The van der Waals surface area contributed by atoms with Gasteiger partial charge in [-0.15, -0.1) is 0 Å². The van der Waals surface area contributed by atoms with E-state index in [-0.39, 0.29) is 22.5 Å². The van der Waals surface area contributed by atoms with Crippen molar-refractivity contribution in [2.75, 3.05) is 0 Å². The van der Waals surface area contributed by atoms with Crippen molar-refractivity contribution in [2.45, 2.75) is 26.1 Å². The lowest BCUT2D eigenvalue weighted by molar-refractivity contribution is -0.136. The maximum Gasteiger partial charge on any atom is 0.417 e. The van der Waals surface area contributed by atoms with Crippen molar-refractivity contribution in [3.63, 3.8) is 0 Å². The van der Waals surface area contributed by atoms with Gasteiger partial charge in [0, 0.05) is 17.5 Å². The third-order valence-electron chi connectivity index (χ3n) is 2.91. The maximum atomic E-state index is 12.9. The SMILES string of the molecule is CC(=O)[C@@H](C)Oc1ccc2c(C(F)(F)F)cc(=O)oc2c1. The largest absolute Gasteiger partial charge is 0.483 e. The number of ketones is 1. The summed E-state index contributed by atoms with van der Waals surface area (Å²) in [5.74, 6) is -0.0896. The van der Waals surface area contributed by atoms with E-state index in [1.807, 2.05) is 0 Å². The van der Waals surface area contributed by atoms with Crippen LogP contribution in [-0.4, -0.2) is 11.9 Å². The smallest absolute Gasteiger partial charge is 0.417 e. The van der Waals surface area contributed by atoms with E-state index in [1.54, 1.807) is 0 Å². The summed E-state index contributed by atoms with van der Waals surface area (Å²) in [7, 11) is 0. The van der Waals surface area contributed by atoms with Gasteiger partial charge in [-0.2, -0.15) is 13.2 Å². The highest BCUT2D eigenvalue weighted by Gasteiger charge is 2.33. The van der Waals surface area contributed by atoms with Gasteiger partial charge in [0.15, 0.2) is 11.9 Å². The number of hydrogen-bond donors (Lipinski definition) is 0. The third kappa shape index (κ3) is 3.24. The first-order valence-electron chi connectivity index (χ1n) is 6.00. The van der Waals surface area contributed by atoms with Gasteiger partial charge in [-0.05, 0) is 26.0 Å². The van der Waals surface area contributed by atoms with Crippen molar-refractivity contribution in [2.24, 2.45) is 0 Å². The molecule has 1 aromatic carbocycles. The standard InChI is InChI=1S/C14H11F3O4/c1-7(18)8(2)20-9-3-4-10-11(14(15,16)17)6-13(19)21-12(10)5-9/h3-6,8H,1-2H3/t8-/m1/s1.